The molecule has 14 heavy (non-hydrogen) atoms. The van der Waals surface area contributed by atoms with Gasteiger partial charge in [0.25, 0.3) is 0 Å². The largest absolute Gasteiger partial charge is 0.462 e. The molecule has 1 N–H and O–H groups in total. The standard InChI is InChI=1S/C10H11N3O/c11-10-13(6-7-14-10)12-8-9-4-2-1-3-5-9/h1-5,8,11H,6-7H2. The van der Waals surface area contributed by atoms with Gasteiger partial charge in [0.15, 0.2) is 0 Å². The molecule has 4 heteroatoms. The van der Waals surface area contributed by atoms with Crippen LogP contribution in [0.3, 0.4) is 0 Å². The third-order valence-corrected chi connectivity index (χ3v) is 1.92. The first-order valence-electron chi connectivity index (χ1n) is 4.44. The fraction of sp³-hybridized carbons (Fsp3) is 0.200. The van der Waals surface area contributed by atoms with Crippen molar-refractivity contribution in [2.75, 3.05) is 13.2 Å². The number of hydrogen-bond donors (Lipinski definition) is 1. The van der Waals surface area contributed by atoms with Gasteiger partial charge in [-0.15, -0.1) is 0 Å². The summed E-state index contributed by atoms with van der Waals surface area (Å²) in [4.78, 5) is 0. The molecule has 0 unspecified atom stereocenters. The van der Waals surface area contributed by atoms with Crippen LogP contribution in [0.5, 0.6) is 0 Å². The van der Waals surface area contributed by atoms with Crippen LogP contribution >= 0.6 is 0 Å². The highest BCUT2D eigenvalue weighted by Crippen LogP contribution is 2.02. The molecular formula is C10H11N3O. The fourth-order valence-corrected chi connectivity index (χ4v) is 1.19. The number of benzene rings is 1. The van der Waals surface area contributed by atoms with E-state index in [1.807, 2.05) is 30.3 Å². The average Bonchev–Trinajstić information content (AvgIpc) is 2.63. The second-order valence-electron chi connectivity index (χ2n) is 2.93. The summed E-state index contributed by atoms with van der Waals surface area (Å²) in [5.41, 5.74) is 1.02. The molecule has 1 aromatic carbocycles. The van der Waals surface area contributed by atoms with Crippen LogP contribution < -0.4 is 0 Å². The molecule has 1 saturated heterocycles. The van der Waals surface area contributed by atoms with Gasteiger partial charge in [0.05, 0.1) is 12.8 Å². The van der Waals surface area contributed by atoms with Gasteiger partial charge in [0.2, 0.25) is 0 Å². The maximum atomic E-state index is 7.36. The third-order valence-electron chi connectivity index (χ3n) is 1.92. The quantitative estimate of drug-likeness (QED) is 0.712. The van der Waals surface area contributed by atoms with E-state index in [2.05, 4.69) is 5.10 Å². The van der Waals surface area contributed by atoms with E-state index in [1.165, 1.54) is 5.01 Å². The van der Waals surface area contributed by atoms with Gasteiger partial charge in [-0.25, -0.2) is 10.4 Å². The van der Waals surface area contributed by atoms with E-state index >= 15 is 0 Å². The zero-order chi connectivity index (χ0) is 9.80. The Hall–Kier alpha value is -1.84. The SMILES string of the molecule is N=C1OCCN1N=Cc1ccccc1. The van der Waals surface area contributed by atoms with Crippen molar-refractivity contribution in [3.8, 4) is 0 Å². The van der Waals surface area contributed by atoms with Crippen LogP contribution in [0.4, 0.5) is 0 Å². The van der Waals surface area contributed by atoms with Gasteiger partial charge < -0.3 is 4.74 Å². The second-order valence-corrected chi connectivity index (χ2v) is 2.93. The summed E-state index contributed by atoms with van der Waals surface area (Å²) in [6.45, 7) is 1.20. The topological polar surface area (TPSA) is 48.7 Å². The molecule has 1 aliphatic heterocycles. The molecule has 0 atom stereocenters. The van der Waals surface area contributed by atoms with E-state index in [0.29, 0.717) is 13.2 Å². The van der Waals surface area contributed by atoms with Crippen LogP contribution in [0, 0.1) is 5.41 Å². The number of hydrazone groups is 1. The molecule has 0 bridgehead atoms. The molecule has 1 aromatic rings. The minimum atomic E-state index is 0.122. The normalized spacial score (nSPS) is 16.3. The van der Waals surface area contributed by atoms with Crippen LogP contribution in [0.15, 0.2) is 35.4 Å². The van der Waals surface area contributed by atoms with Gasteiger partial charge in [-0.2, -0.15) is 5.10 Å². The van der Waals surface area contributed by atoms with Crippen LogP contribution in [0.2, 0.25) is 0 Å². The molecule has 0 amide bonds. The highest BCUT2D eigenvalue weighted by Gasteiger charge is 2.16. The Morgan fingerprint density at radius 1 is 1.36 bits per heavy atom. The highest BCUT2D eigenvalue weighted by molar-refractivity contribution is 5.81. The van der Waals surface area contributed by atoms with Crippen molar-refractivity contribution in [3.63, 3.8) is 0 Å². The van der Waals surface area contributed by atoms with Gasteiger partial charge in [-0.05, 0) is 5.56 Å². The number of hydrogen-bond acceptors (Lipinski definition) is 3. The lowest BCUT2D eigenvalue weighted by Gasteiger charge is -2.05. The molecule has 0 spiro atoms. The Kier molecular flexibility index (Phi) is 2.44. The first-order valence-corrected chi connectivity index (χ1v) is 4.44. The van der Waals surface area contributed by atoms with Gasteiger partial charge in [-0.1, -0.05) is 30.3 Å². The van der Waals surface area contributed by atoms with Crippen molar-refractivity contribution in [2.45, 2.75) is 0 Å². The number of ether oxygens (including phenoxy) is 1. The summed E-state index contributed by atoms with van der Waals surface area (Å²) in [7, 11) is 0. The molecule has 1 heterocycles. The molecule has 2 rings (SSSR count). The molecule has 72 valence electrons. The maximum Gasteiger partial charge on any atom is 0.305 e. The monoisotopic (exact) mass is 189 g/mol. The maximum absolute atomic E-state index is 7.36. The Balaban J connectivity index is 2.03. The van der Waals surface area contributed by atoms with Crippen molar-refractivity contribution in [3.05, 3.63) is 35.9 Å². The third kappa shape index (κ3) is 1.90. The van der Waals surface area contributed by atoms with Crippen LogP contribution in [-0.4, -0.2) is 30.4 Å². The molecule has 1 aliphatic rings. The Morgan fingerprint density at radius 2 is 2.14 bits per heavy atom. The summed E-state index contributed by atoms with van der Waals surface area (Å²) >= 11 is 0. The number of nitrogens with one attached hydrogen (secondary N) is 1. The van der Waals surface area contributed by atoms with Crippen molar-refractivity contribution >= 4 is 12.2 Å². The Morgan fingerprint density at radius 3 is 2.79 bits per heavy atom. The highest BCUT2D eigenvalue weighted by atomic mass is 16.5. The van der Waals surface area contributed by atoms with Crippen molar-refractivity contribution < 1.29 is 4.74 Å². The van der Waals surface area contributed by atoms with E-state index in [1.54, 1.807) is 6.21 Å². The minimum absolute atomic E-state index is 0.122. The zero-order valence-electron chi connectivity index (χ0n) is 7.68. The van der Waals surface area contributed by atoms with Crippen LogP contribution in [0.1, 0.15) is 5.56 Å². The predicted octanol–water partition coefficient (Wildman–Crippen LogP) is 1.29. The van der Waals surface area contributed by atoms with E-state index in [-0.39, 0.29) is 6.02 Å². The first kappa shape index (κ1) is 8.74. The van der Waals surface area contributed by atoms with Crippen molar-refractivity contribution in [2.24, 2.45) is 5.10 Å². The number of nitrogens with zero attached hydrogens (tertiary/aromatic N) is 2. The Bertz CT molecular complexity index is 348. The predicted molar refractivity (Wildman–Crippen MR) is 54.4 cm³/mol. The lowest BCUT2D eigenvalue weighted by Crippen LogP contribution is -2.18. The zero-order valence-corrected chi connectivity index (χ0v) is 7.68. The molecular weight excluding hydrogens is 178 g/mol. The molecule has 0 radical (unpaired) electrons. The molecule has 4 nitrogen and oxygen atoms in total. The van der Waals surface area contributed by atoms with Gasteiger partial charge in [-0.3, -0.25) is 0 Å². The van der Waals surface area contributed by atoms with Gasteiger partial charge in [0, 0.05) is 0 Å². The lowest BCUT2D eigenvalue weighted by molar-refractivity contribution is 0.348. The summed E-state index contributed by atoms with van der Waals surface area (Å²) in [5, 5.41) is 13.0. The van der Waals surface area contributed by atoms with Crippen LogP contribution in [-0.2, 0) is 4.74 Å². The summed E-state index contributed by atoms with van der Waals surface area (Å²) in [5.74, 6) is 0. The molecule has 0 aliphatic carbocycles. The fourth-order valence-electron chi connectivity index (χ4n) is 1.19. The average molecular weight is 189 g/mol. The summed E-state index contributed by atoms with van der Waals surface area (Å²) in [6, 6.07) is 9.91. The first-order chi connectivity index (χ1) is 6.86. The molecule has 0 aromatic heterocycles. The number of amidine groups is 1. The summed E-state index contributed by atoms with van der Waals surface area (Å²) in [6.07, 6.45) is 1.73. The van der Waals surface area contributed by atoms with Gasteiger partial charge in [0.1, 0.15) is 6.61 Å². The van der Waals surface area contributed by atoms with Crippen LogP contribution in [0.25, 0.3) is 0 Å². The van der Waals surface area contributed by atoms with Crippen molar-refractivity contribution in [1.29, 1.82) is 5.41 Å². The second kappa shape index (κ2) is 3.91. The summed E-state index contributed by atoms with van der Waals surface area (Å²) < 4.78 is 4.95. The lowest BCUT2D eigenvalue weighted by atomic mass is 10.2. The van der Waals surface area contributed by atoms with E-state index in [9.17, 15) is 0 Å². The van der Waals surface area contributed by atoms with Gasteiger partial charge >= 0.3 is 6.02 Å². The molecule has 1 fully saturated rings. The van der Waals surface area contributed by atoms with E-state index in [4.69, 9.17) is 10.1 Å². The number of rotatable bonds is 2. The Labute approximate surface area is 82.3 Å². The van der Waals surface area contributed by atoms with Crippen molar-refractivity contribution in [1.82, 2.24) is 5.01 Å². The smallest absolute Gasteiger partial charge is 0.305 e. The molecule has 0 saturated carbocycles. The minimum Gasteiger partial charge on any atom is -0.462 e. The van der Waals surface area contributed by atoms with E-state index in [0.717, 1.165) is 5.56 Å². The van der Waals surface area contributed by atoms with E-state index < -0.39 is 0 Å².